The van der Waals surface area contributed by atoms with E-state index in [0.717, 1.165) is 39.8 Å². The van der Waals surface area contributed by atoms with Gasteiger partial charge in [0.1, 0.15) is 16.6 Å². The molecule has 0 spiro atoms. The monoisotopic (exact) mass is 487 g/mol. The minimum atomic E-state index is 0.252. The van der Waals surface area contributed by atoms with Crippen LogP contribution in [-0.2, 0) is 21.1 Å². The van der Waals surface area contributed by atoms with Gasteiger partial charge in [0.25, 0.3) is 0 Å². The van der Waals surface area contributed by atoms with E-state index in [1.165, 1.54) is 23.9 Å². The fourth-order valence-corrected chi connectivity index (χ4v) is 5.24. The Morgan fingerprint density at radius 2 is 1.26 bits per heavy atom. The van der Waals surface area contributed by atoms with Crippen molar-refractivity contribution in [1.29, 1.82) is 0 Å². The van der Waals surface area contributed by atoms with Gasteiger partial charge in [0.15, 0.2) is 0 Å². The average molecular weight is 488 g/mol. The SMILES string of the molecule is COOCc1ccc(-c2nnc(-c3ccc(-c4ccc(N5C[C@@H](C)O[C@@H](C)C5)cc4)cc3)s2)cc1. The average Bonchev–Trinajstić information content (AvgIpc) is 3.38. The van der Waals surface area contributed by atoms with Crippen LogP contribution in [-0.4, -0.2) is 42.6 Å². The third kappa shape index (κ3) is 5.60. The summed E-state index contributed by atoms with van der Waals surface area (Å²) >= 11 is 1.59. The molecule has 0 bridgehead atoms. The highest BCUT2D eigenvalue weighted by atomic mass is 32.1. The number of hydrogen-bond donors (Lipinski definition) is 0. The highest BCUT2D eigenvalue weighted by Gasteiger charge is 2.22. The molecule has 0 unspecified atom stereocenters. The van der Waals surface area contributed by atoms with Gasteiger partial charge in [-0.1, -0.05) is 72.0 Å². The zero-order valence-electron chi connectivity index (χ0n) is 20.2. The maximum absolute atomic E-state index is 5.86. The molecule has 0 N–H and O–H groups in total. The van der Waals surface area contributed by atoms with Crippen LogP contribution in [0.4, 0.5) is 5.69 Å². The van der Waals surface area contributed by atoms with Gasteiger partial charge in [-0.3, -0.25) is 0 Å². The van der Waals surface area contributed by atoms with E-state index in [2.05, 4.69) is 82.4 Å². The minimum Gasteiger partial charge on any atom is -0.372 e. The molecular formula is C28H29N3O3S. The number of anilines is 1. The first-order valence-electron chi connectivity index (χ1n) is 11.8. The molecule has 1 aromatic heterocycles. The van der Waals surface area contributed by atoms with Crippen LogP contribution >= 0.6 is 11.3 Å². The van der Waals surface area contributed by atoms with E-state index in [1.807, 2.05) is 24.3 Å². The summed E-state index contributed by atoms with van der Waals surface area (Å²) in [5.74, 6) is 0. The maximum atomic E-state index is 5.86. The molecule has 4 aromatic rings. The maximum Gasteiger partial charge on any atom is 0.148 e. The molecule has 2 heterocycles. The first-order valence-corrected chi connectivity index (χ1v) is 12.6. The lowest BCUT2D eigenvalue weighted by Gasteiger charge is -2.36. The van der Waals surface area contributed by atoms with Crippen molar-refractivity contribution in [2.45, 2.75) is 32.7 Å². The molecule has 1 saturated heterocycles. The van der Waals surface area contributed by atoms with Gasteiger partial charge in [0, 0.05) is 29.9 Å². The molecule has 1 fully saturated rings. The largest absolute Gasteiger partial charge is 0.372 e. The summed E-state index contributed by atoms with van der Waals surface area (Å²) in [6.45, 7) is 6.53. The highest BCUT2D eigenvalue weighted by Crippen LogP contribution is 2.32. The molecule has 7 heteroatoms. The normalized spacial score (nSPS) is 18.1. The molecule has 0 amide bonds. The number of hydrogen-bond acceptors (Lipinski definition) is 7. The van der Waals surface area contributed by atoms with E-state index in [1.54, 1.807) is 11.3 Å². The Labute approximate surface area is 210 Å². The fraction of sp³-hybridized carbons (Fsp3) is 0.286. The lowest BCUT2D eigenvalue weighted by atomic mass is 10.0. The second-order valence-electron chi connectivity index (χ2n) is 8.82. The molecule has 3 aromatic carbocycles. The number of rotatable bonds is 7. The molecule has 180 valence electrons. The summed E-state index contributed by atoms with van der Waals surface area (Å²) in [6.07, 6.45) is 0.503. The standard InChI is InChI=1S/C28H29N3O3S/c1-19-16-31(17-20(2)34-19)26-14-12-23(13-15-26)22-8-10-25(11-9-22)28-30-29-27(35-28)24-6-4-21(5-7-24)18-33-32-3/h4-15,19-20H,16-18H2,1-3H3/t19-,20+. The topological polar surface area (TPSA) is 56.7 Å². The van der Waals surface area contributed by atoms with E-state index in [4.69, 9.17) is 9.62 Å². The lowest BCUT2D eigenvalue weighted by molar-refractivity contribution is -0.282. The van der Waals surface area contributed by atoms with Gasteiger partial charge < -0.3 is 9.64 Å². The quantitative estimate of drug-likeness (QED) is 0.227. The highest BCUT2D eigenvalue weighted by molar-refractivity contribution is 7.17. The van der Waals surface area contributed by atoms with E-state index in [0.29, 0.717) is 6.61 Å². The molecule has 0 aliphatic carbocycles. The summed E-state index contributed by atoms with van der Waals surface area (Å²) in [4.78, 5) is 12.0. The van der Waals surface area contributed by atoms with Crippen LogP contribution in [0.2, 0.25) is 0 Å². The van der Waals surface area contributed by atoms with Gasteiger partial charge in [-0.25, -0.2) is 9.78 Å². The van der Waals surface area contributed by atoms with Crippen molar-refractivity contribution in [2.24, 2.45) is 0 Å². The Morgan fingerprint density at radius 3 is 1.80 bits per heavy atom. The van der Waals surface area contributed by atoms with Crippen LogP contribution in [0.5, 0.6) is 0 Å². The molecule has 1 aliphatic rings. The molecule has 1 aliphatic heterocycles. The number of aromatic nitrogens is 2. The molecule has 6 nitrogen and oxygen atoms in total. The van der Waals surface area contributed by atoms with Gasteiger partial charge in [0.05, 0.1) is 19.3 Å². The predicted octanol–water partition coefficient (Wildman–Crippen LogP) is 6.23. The summed E-state index contributed by atoms with van der Waals surface area (Å²) in [5, 5.41) is 10.6. The summed E-state index contributed by atoms with van der Waals surface area (Å²) in [5.41, 5.74) is 6.77. The number of nitrogens with zero attached hydrogens (tertiary/aromatic N) is 3. The first-order chi connectivity index (χ1) is 17.1. The van der Waals surface area contributed by atoms with Crippen molar-refractivity contribution in [3.05, 3.63) is 78.4 Å². The van der Waals surface area contributed by atoms with Crippen molar-refractivity contribution < 1.29 is 14.5 Å². The Morgan fingerprint density at radius 1 is 0.771 bits per heavy atom. The Bertz CT molecular complexity index is 1230. The Balaban J connectivity index is 1.27. The van der Waals surface area contributed by atoms with E-state index in [9.17, 15) is 0 Å². The van der Waals surface area contributed by atoms with Gasteiger partial charge in [-0.05, 0) is 42.7 Å². The van der Waals surface area contributed by atoms with Gasteiger partial charge in [0.2, 0.25) is 0 Å². The van der Waals surface area contributed by atoms with Crippen LogP contribution < -0.4 is 4.90 Å². The summed E-state index contributed by atoms with van der Waals surface area (Å²) < 4.78 is 5.86. The lowest BCUT2D eigenvalue weighted by Crippen LogP contribution is -2.45. The van der Waals surface area contributed by atoms with Gasteiger partial charge in [-0.2, -0.15) is 0 Å². The van der Waals surface area contributed by atoms with E-state index in [-0.39, 0.29) is 12.2 Å². The third-order valence-corrected chi connectivity index (χ3v) is 7.11. The van der Waals surface area contributed by atoms with Crippen molar-refractivity contribution in [1.82, 2.24) is 10.2 Å². The molecule has 5 rings (SSSR count). The van der Waals surface area contributed by atoms with Crippen molar-refractivity contribution in [3.8, 4) is 32.3 Å². The fourth-order valence-electron chi connectivity index (χ4n) is 4.39. The molecule has 0 radical (unpaired) electrons. The zero-order valence-corrected chi connectivity index (χ0v) is 21.0. The van der Waals surface area contributed by atoms with E-state index >= 15 is 0 Å². The Kier molecular flexibility index (Phi) is 7.20. The molecular weight excluding hydrogens is 458 g/mol. The van der Waals surface area contributed by atoms with Crippen LogP contribution in [0.1, 0.15) is 19.4 Å². The van der Waals surface area contributed by atoms with Gasteiger partial charge >= 0.3 is 0 Å². The molecule has 0 saturated carbocycles. The van der Waals surface area contributed by atoms with Crippen molar-refractivity contribution >= 4 is 17.0 Å². The number of ether oxygens (including phenoxy) is 1. The molecule has 2 atom stereocenters. The zero-order chi connectivity index (χ0) is 24.2. The first kappa shape index (κ1) is 23.6. The summed E-state index contributed by atoms with van der Waals surface area (Å²) in [7, 11) is 1.51. The van der Waals surface area contributed by atoms with E-state index < -0.39 is 0 Å². The second kappa shape index (κ2) is 10.7. The molecule has 35 heavy (non-hydrogen) atoms. The van der Waals surface area contributed by atoms with Crippen LogP contribution in [0.3, 0.4) is 0 Å². The second-order valence-corrected chi connectivity index (χ2v) is 9.80. The smallest absolute Gasteiger partial charge is 0.148 e. The van der Waals surface area contributed by atoms with Crippen LogP contribution in [0.15, 0.2) is 72.8 Å². The number of benzene rings is 3. The Hall–Kier alpha value is -3.10. The third-order valence-electron chi connectivity index (χ3n) is 6.09. The number of morpholine rings is 1. The van der Waals surface area contributed by atoms with Crippen LogP contribution in [0, 0.1) is 0 Å². The van der Waals surface area contributed by atoms with Crippen molar-refractivity contribution in [2.75, 3.05) is 25.1 Å². The van der Waals surface area contributed by atoms with Gasteiger partial charge in [-0.15, -0.1) is 10.2 Å². The summed E-state index contributed by atoms with van der Waals surface area (Å²) in [6, 6.07) is 25.4. The van der Waals surface area contributed by atoms with Crippen LogP contribution in [0.25, 0.3) is 32.3 Å². The minimum absolute atomic E-state index is 0.252. The predicted molar refractivity (Wildman–Crippen MR) is 140 cm³/mol. The van der Waals surface area contributed by atoms with Crippen molar-refractivity contribution in [3.63, 3.8) is 0 Å².